The van der Waals surface area contributed by atoms with Crippen molar-refractivity contribution in [1.82, 2.24) is 16.0 Å². The zero-order valence-electron chi connectivity index (χ0n) is 13.8. The molecule has 1 aliphatic rings. The number of carbonyl (C=O) groups excluding carboxylic acids is 1. The van der Waals surface area contributed by atoms with Crippen molar-refractivity contribution in [3.63, 3.8) is 0 Å². The van der Waals surface area contributed by atoms with Crippen LogP contribution in [0.1, 0.15) is 16.8 Å². The van der Waals surface area contributed by atoms with Crippen LogP contribution in [0, 0.1) is 0 Å². The first-order chi connectivity index (χ1) is 11.4. The van der Waals surface area contributed by atoms with E-state index in [-0.39, 0.29) is 47.4 Å². The van der Waals surface area contributed by atoms with Crippen molar-refractivity contribution >= 4 is 57.3 Å². The maximum absolute atomic E-state index is 12.0. The Balaban J connectivity index is 0.00000312. The molecular weight excluding hydrogens is 479 g/mol. The van der Waals surface area contributed by atoms with Crippen LogP contribution in [0.4, 0.5) is 0 Å². The van der Waals surface area contributed by atoms with Crippen LogP contribution < -0.4 is 16.0 Å². The predicted octanol–water partition coefficient (Wildman–Crippen LogP) is 1.04. The number of rotatable bonds is 5. The largest absolute Gasteiger partial charge is 0.355 e. The molecule has 25 heavy (non-hydrogen) atoms. The summed E-state index contributed by atoms with van der Waals surface area (Å²) in [5, 5.41) is 9.28. The number of halogens is 2. The van der Waals surface area contributed by atoms with E-state index in [9.17, 15) is 13.2 Å². The minimum atomic E-state index is -2.94. The zero-order valence-corrected chi connectivity index (χ0v) is 17.7. The molecule has 1 unspecified atom stereocenters. The van der Waals surface area contributed by atoms with Crippen LogP contribution in [0.25, 0.3) is 0 Å². The fourth-order valence-corrected chi connectivity index (χ4v) is 4.29. The predicted molar refractivity (Wildman–Crippen MR) is 111 cm³/mol. The van der Waals surface area contributed by atoms with Gasteiger partial charge in [-0.15, -0.1) is 24.0 Å². The SMILES string of the molecule is CN=C(NCCNC(=O)c1ccccc1Cl)NC1CCS(=O)(=O)C1.I. The summed E-state index contributed by atoms with van der Waals surface area (Å²) >= 11 is 5.97. The molecule has 2 rings (SSSR count). The topological polar surface area (TPSA) is 99.7 Å². The van der Waals surface area contributed by atoms with Gasteiger partial charge in [0.25, 0.3) is 5.91 Å². The number of hydrogen-bond donors (Lipinski definition) is 3. The smallest absolute Gasteiger partial charge is 0.252 e. The molecule has 0 saturated carbocycles. The number of guanidine groups is 1. The number of carbonyl (C=O) groups is 1. The third kappa shape index (κ3) is 6.98. The number of aliphatic imine (C=N–C) groups is 1. The third-order valence-corrected chi connectivity index (χ3v) is 5.72. The van der Waals surface area contributed by atoms with Crippen LogP contribution in [0.2, 0.25) is 5.02 Å². The van der Waals surface area contributed by atoms with E-state index >= 15 is 0 Å². The molecule has 0 aromatic heterocycles. The van der Waals surface area contributed by atoms with Crippen molar-refractivity contribution < 1.29 is 13.2 Å². The van der Waals surface area contributed by atoms with E-state index in [1.807, 2.05) is 0 Å². The molecule has 3 N–H and O–H groups in total. The number of hydrogen-bond acceptors (Lipinski definition) is 4. The van der Waals surface area contributed by atoms with E-state index in [0.29, 0.717) is 36.1 Å². The summed E-state index contributed by atoms with van der Waals surface area (Å²) in [5.41, 5.74) is 0.429. The molecule has 0 radical (unpaired) electrons. The van der Waals surface area contributed by atoms with Gasteiger partial charge in [0.15, 0.2) is 15.8 Å². The second-order valence-electron chi connectivity index (χ2n) is 5.48. The number of sulfone groups is 1. The van der Waals surface area contributed by atoms with Crippen molar-refractivity contribution in [2.24, 2.45) is 4.99 Å². The Hall–Kier alpha value is -1.07. The standard InChI is InChI=1S/C15H21ClN4O3S.HI/c1-17-15(20-11-6-9-24(22,23)10-11)19-8-7-18-14(21)12-4-2-3-5-13(12)16;/h2-5,11H,6-10H2,1H3,(H,18,21)(H2,17,19,20);1H. The lowest BCUT2D eigenvalue weighted by molar-refractivity contribution is 0.0954. The van der Waals surface area contributed by atoms with E-state index in [0.717, 1.165) is 0 Å². The first-order valence-electron chi connectivity index (χ1n) is 7.61. The monoisotopic (exact) mass is 500 g/mol. The normalized spacial score (nSPS) is 19.0. The lowest BCUT2D eigenvalue weighted by Crippen LogP contribution is -2.46. The van der Waals surface area contributed by atoms with Gasteiger partial charge in [-0.1, -0.05) is 23.7 Å². The average Bonchev–Trinajstić information content (AvgIpc) is 2.89. The van der Waals surface area contributed by atoms with Gasteiger partial charge in [0, 0.05) is 26.2 Å². The maximum Gasteiger partial charge on any atom is 0.252 e. The van der Waals surface area contributed by atoms with E-state index < -0.39 is 9.84 Å². The summed E-state index contributed by atoms with van der Waals surface area (Å²) in [6, 6.07) is 6.71. The van der Waals surface area contributed by atoms with Crippen LogP contribution in [0.3, 0.4) is 0 Å². The van der Waals surface area contributed by atoms with Crippen LogP contribution in [0.5, 0.6) is 0 Å². The number of amides is 1. The molecule has 1 aliphatic heterocycles. The van der Waals surface area contributed by atoms with Crippen molar-refractivity contribution in [3.05, 3.63) is 34.9 Å². The number of nitrogens with one attached hydrogen (secondary N) is 3. The van der Waals surface area contributed by atoms with Gasteiger partial charge in [0.1, 0.15) is 0 Å². The molecule has 1 aromatic rings. The Bertz CT molecular complexity index is 727. The second kappa shape index (κ2) is 10.2. The van der Waals surface area contributed by atoms with Crippen molar-refractivity contribution in [2.45, 2.75) is 12.5 Å². The van der Waals surface area contributed by atoms with Gasteiger partial charge >= 0.3 is 0 Å². The summed E-state index contributed by atoms with van der Waals surface area (Å²) in [6.07, 6.45) is 0.576. The fourth-order valence-electron chi connectivity index (χ4n) is 2.39. The van der Waals surface area contributed by atoms with Gasteiger partial charge in [0.2, 0.25) is 0 Å². The lowest BCUT2D eigenvalue weighted by atomic mass is 10.2. The first-order valence-corrected chi connectivity index (χ1v) is 9.81. The molecule has 10 heteroatoms. The Morgan fingerprint density at radius 1 is 1.28 bits per heavy atom. The van der Waals surface area contributed by atoms with Crippen LogP contribution in [-0.4, -0.2) is 58.0 Å². The summed E-state index contributed by atoms with van der Waals surface area (Å²) in [6.45, 7) is 0.836. The van der Waals surface area contributed by atoms with Gasteiger partial charge in [-0.05, 0) is 18.6 Å². The highest BCUT2D eigenvalue weighted by Crippen LogP contribution is 2.14. The molecule has 0 aliphatic carbocycles. The summed E-state index contributed by atoms with van der Waals surface area (Å²) < 4.78 is 22.9. The second-order valence-corrected chi connectivity index (χ2v) is 8.11. The van der Waals surface area contributed by atoms with E-state index in [4.69, 9.17) is 11.6 Å². The molecular formula is C15H22ClIN4O3S. The van der Waals surface area contributed by atoms with Crippen molar-refractivity contribution in [2.75, 3.05) is 31.6 Å². The number of benzene rings is 1. The molecule has 0 spiro atoms. The van der Waals surface area contributed by atoms with Gasteiger partial charge in [0.05, 0.1) is 22.1 Å². The van der Waals surface area contributed by atoms with Gasteiger partial charge in [-0.3, -0.25) is 9.79 Å². The van der Waals surface area contributed by atoms with Gasteiger partial charge in [-0.2, -0.15) is 0 Å². The van der Waals surface area contributed by atoms with Gasteiger partial charge in [-0.25, -0.2) is 8.42 Å². The maximum atomic E-state index is 12.0. The third-order valence-electron chi connectivity index (χ3n) is 3.62. The zero-order chi connectivity index (χ0) is 17.6. The summed E-state index contributed by atoms with van der Waals surface area (Å²) in [7, 11) is -1.32. The highest BCUT2D eigenvalue weighted by Gasteiger charge is 2.28. The van der Waals surface area contributed by atoms with E-state index in [1.54, 1.807) is 31.3 Å². The molecule has 140 valence electrons. The molecule has 1 heterocycles. The molecule has 1 amide bonds. The minimum Gasteiger partial charge on any atom is -0.355 e. The number of nitrogens with zero attached hydrogens (tertiary/aromatic N) is 1. The van der Waals surface area contributed by atoms with Crippen LogP contribution in [-0.2, 0) is 9.84 Å². The minimum absolute atomic E-state index is 0. The summed E-state index contributed by atoms with van der Waals surface area (Å²) in [4.78, 5) is 16.0. The Kier molecular flexibility index (Phi) is 8.94. The van der Waals surface area contributed by atoms with Crippen molar-refractivity contribution in [3.8, 4) is 0 Å². The van der Waals surface area contributed by atoms with E-state index in [1.165, 1.54) is 0 Å². The molecule has 1 atom stereocenters. The molecule has 1 saturated heterocycles. The van der Waals surface area contributed by atoms with Crippen molar-refractivity contribution in [1.29, 1.82) is 0 Å². The quantitative estimate of drug-likeness (QED) is 0.243. The Morgan fingerprint density at radius 3 is 2.56 bits per heavy atom. The highest BCUT2D eigenvalue weighted by atomic mass is 127. The van der Waals surface area contributed by atoms with E-state index in [2.05, 4.69) is 20.9 Å². The lowest BCUT2D eigenvalue weighted by Gasteiger charge is -2.16. The molecule has 1 fully saturated rings. The van der Waals surface area contributed by atoms with Crippen LogP contribution in [0.15, 0.2) is 29.3 Å². The summed E-state index contributed by atoms with van der Waals surface area (Å²) in [5.74, 6) is 0.600. The van der Waals surface area contributed by atoms with Crippen LogP contribution >= 0.6 is 35.6 Å². The average molecular weight is 501 g/mol. The molecule has 7 nitrogen and oxygen atoms in total. The first kappa shape index (κ1) is 22.0. The Morgan fingerprint density at radius 2 is 1.96 bits per heavy atom. The molecule has 1 aromatic carbocycles. The Labute approximate surface area is 169 Å². The molecule has 0 bridgehead atoms. The fraction of sp³-hybridized carbons (Fsp3) is 0.467. The highest BCUT2D eigenvalue weighted by molar-refractivity contribution is 14.0. The van der Waals surface area contributed by atoms with Gasteiger partial charge < -0.3 is 16.0 Å².